The molecule has 3 heteroatoms. The minimum Gasteiger partial charge on any atom is -0.497 e. The van der Waals surface area contributed by atoms with E-state index in [1.807, 2.05) is 23.5 Å². The number of ether oxygens (including phenoxy) is 1. The van der Waals surface area contributed by atoms with Crippen molar-refractivity contribution in [2.75, 3.05) is 13.7 Å². The van der Waals surface area contributed by atoms with Gasteiger partial charge >= 0.3 is 0 Å². The van der Waals surface area contributed by atoms with E-state index in [1.165, 1.54) is 10.4 Å². The number of nitrogens with one attached hydrogen (secondary N) is 1. The lowest BCUT2D eigenvalue weighted by molar-refractivity contribution is 0.413. The van der Waals surface area contributed by atoms with Crippen molar-refractivity contribution in [1.82, 2.24) is 5.32 Å². The van der Waals surface area contributed by atoms with E-state index in [9.17, 15) is 0 Å². The maximum atomic E-state index is 5.24. The van der Waals surface area contributed by atoms with Crippen LogP contribution >= 0.6 is 11.3 Å². The van der Waals surface area contributed by atoms with E-state index in [0.29, 0.717) is 6.04 Å². The van der Waals surface area contributed by atoms with Gasteiger partial charge in [0.05, 0.1) is 7.11 Å². The predicted molar refractivity (Wildman–Crippen MR) is 77.4 cm³/mol. The van der Waals surface area contributed by atoms with Crippen LogP contribution in [0.3, 0.4) is 0 Å². The zero-order chi connectivity index (χ0) is 12.8. The van der Waals surface area contributed by atoms with Crippen LogP contribution < -0.4 is 10.1 Å². The van der Waals surface area contributed by atoms with Gasteiger partial charge < -0.3 is 10.1 Å². The molecule has 0 saturated heterocycles. The fourth-order valence-corrected chi connectivity index (χ4v) is 2.60. The first-order valence-corrected chi connectivity index (χ1v) is 7.07. The summed E-state index contributed by atoms with van der Waals surface area (Å²) in [7, 11) is 1.70. The van der Waals surface area contributed by atoms with Crippen LogP contribution in [0.15, 0.2) is 41.8 Å². The van der Waals surface area contributed by atoms with E-state index in [-0.39, 0.29) is 0 Å². The summed E-state index contributed by atoms with van der Waals surface area (Å²) in [6, 6.07) is 12.9. The van der Waals surface area contributed by atoms with Crippen LogP contribution in [0.1, 0.15) is 23.4 Å². The Morgan fingerprint density at radius 1 is 1.28 bits per heavy atom. The smallest absolute Gasteiger partial charge is 0.119 e. The fourth-order valence-electron chi connectivity index (χ4n) is 1.90. The Balaban J connectivity index is 1.85. The van der Waals surface area contributed by atoms with Crippen molar-refractivity contribution in [3.63, 3.8) is 0 Å². The summed E-state index contributed by atoms with van der Waals surface area (Å²) in [6.45, 7) is 3.18. The second-order valence-corrected chi connectivity index (χ2v) is 5.31. The molecule has 2 nitrogen and oxygen atoms in total. The summed E-state index contributed by atoms with van der Waals surface area (Å²) in [5.74, 6) is 0.916. The molecule has 1 N–H and O–H groups in total. The van der Waals surface area contributed by atoms with Crippen LogP contribution in [-0.2, 0) is 6.42 Å². The maximum Gasteiger partial charge on any atom is 0.119 e. The quantitative estimate of drug-likeness (QED) is 0.857. The highest BCUT2D eigenvalue weighted by Crippen LogP contribution is 2.18. The normalized spacial score (nSPS) is 12.3. The molecule has 0 unspecified atom stereocenters. The van der Waals surface area contributed by atoms with Gasteiger partial charge in [0.15, 0.2) is 0 Å². The van der Waals surface area contributed by atoms with Crippen LogP contribution in [-0.4, -0.2) is 13.7 Å². The topological polar surface area (TPSA) is 21.3 Å². The Morgan fingerprint density at radius 3 is 2.89 bits per heavy atom. The molecule has 1 aromatic heterocycles. The minimum absolute atomic E-state index is 0.347. The van der Waals surface area contributed by atoms with Crippen molar-refractivity contribution in [2.45, 2.75) is 19.4 Å². The Hall–Kier alpha value is -1.32. The number of hydrogen-bond acceptors (Lipinski definition) is 3. The largest absolute Gasteiger partial charge is 0.497 e. The third-order valence-corrected chi connectivity index (χ3v) is 3.93. The van der Waals surface area contributed by atoms with Gasteiger partial charge in [0.1, 0.15) is 5.75 Å². The number of methoxy groups -OCH3 is 1. The van der Waals surface area contributed by atoms with Gasteiger partial charge in [-0.25, -0.2) is 0 Å². The Kier molecular flexibility index (Phi) is 4.79. The summed E-state index contributed by atoms with van der Waals surface area (Å²) in [5, 5.41) is 5.67. The first-order chi connectivity index (χ1) is 8.79. The molecule has 0 fully saturated rings. The second kappa shape index (κ2) is 6.57. The van der Waals surface area contributed by atoms with E-state index >= 15 is 0 Å². The lowest BCUT2D eigenvalue weighted by atomic mass is 10.1. The number of rotatable bonds is 6. The van der Waals surface area contributed by atoms with Gasteiger partial charge in [0.25, 0.3) is 0 Å². The van der Waals surface area contributed by atoms with Crippen LogP contribution in [0, 0.1) is 0 Å². The van der Waals surface area contributed by atoms with Gasteiger partial charge in [-0.05, 0) is 42.5 Å². The van der Waals surface area contributed by atoms with Gasteiger partial charge in [-0.3, -0.25) is 0 Å². The molecule has 18 heavy (non-hydrogen) atoms. The molecule has 0 saturated carbocycles. The second-order valence-electron chi connectivity index (χ2n) is 4.28. The van der Waals surface area contributed by atoms with Crippen molar-refractivity contribution in [3.8, 4) is 5.75 Å². The van der Waals surface area contributed by atoms with E-state index in [0.717, 1.165) is 18.7 Å². The fraction of sp³-hybridized carbons (Fsp3) is 0.333. The van der Waals surface area contributed by atoms with Gasteiger partial charge in [0.2, 0.25) is 0 Å². The molecule has 1 aromatic carbocycles. The highest BCUT2D eigenvalue weighted by atomic mass is 32.1. The maximum absolute atomic E-state index is 5.24. The van der Waals surface area contributed by atoms with E-state index in [4.69, 9.17) is 4.74 Å². The monoisotopic (exact) mass is 261 g/mol. The van der Waals surface area contributed by atoms with Crippen molar-refractivity contribution in [1.29, 1.82) is 0 Å². The van der Waals surface area contributed by atoms with Crippen molar-refractivity contribution < 1.29 is 4.74 Å². The molecular weight excluding hydrogens is 242 g/mol. The van der Waals surface area contributed by atoms with Crippen molar-refractivity contribution in [3.05, 3.63) is 52.2 Å². The molecule has 96 valence electrons. The molecule has 0 aliphatic heterocycles. The Morgan fingerprint density at radius 2 is 2.17 bits per heavy atom. The summed E-state index contributed by atoms with van der Waals surface area (Å²) in [4.78, 5) is 1.43. The number of hydrogen-bond donors (Lipinski definition) is 1. The zero-order valence-electron chi connectivity index (χ0n) is 10.8. The number of thiophene rings is 1. The van der Waals surface area contributed by atoms with E-state index in [1.54, 1.807) is 7.11 Å². The standard InChI is InChI=1S/C15H19NOS/c1-12(13-5-3-6-14(11-13)17-2)16-9-8-15-7-4-10-18-15/h3-7,10-12,16H,8-9H2,1-2H3/t12-/m0/s1. The lowest BCUT2D eigenvalue weighted by Crippen LogP contribution is -2.21. The average Bonchev–Trinajstić information content (AvgIpc) is 2.92. The van der Waals surface area contributed by atoms with Gasteiger partial charge in [-0.15, -0.1) is 11.3 Å². The minimum atomic E-state index is 0.347. The van der Waals surface area contributed by atoms with Crippen LogP contribution in [0.2, 0.25) is 0 Å². The van der Waals surface area contributed by atoms with Crippen molar-refractivity contribution in [2.24, 2.45) is 0 Å². The molecule has 0 bridgehead atoms. The third-order valence-electron chi connectivity index (χ3n) is 3.00. The lowest BCUT2D eigenvalue weighted by Gasteiger charge is -2.14. The van der Waals surface area contributed by atoms with Gasteiger partial charge in [-0.2, -0.15) is 0 Å². The van der Waals surface area contributed by atoms with E-state index in [2.05, 4.69) is 41.9 Å². The van der Waals surface area contributed by atoms with Crippen molar-refractivity contribution >= 4 is 11.3 Å². The number of benzene rings is 1. The highest BCUT2D eigenvalue weighted by Gasteiger charge is 2.05. The first-order valence-electron chi connectivity index (χ1n) is 6.19. The van der Waals surface area contributed by atoms with Gasteiger partial charge in [0, 0.05) is 17.5 Å². The van der Waals surface area contributed by atoms with Gasteiger partial charge in [-0.1, -0.05) is 18.2 Å². The Bertz CT molecular complexity index is 467. The van der Waals surface area contributed by atoms with E-state index < -0.39 is 0 Å². The molecule has 1 heterocycles. The van der Waals surface area contributed by atoms with Crippen LogP contribution in [0.5, 0.6) is 5.75 Å². The molecule has 0 aliphatic carbocycles. The Labute approximate surface area is 113 Å². The summed E-state index contributed by atoms with van der Waals surface area (Å²) < 4.78 is 5.24. The predicted octanol–water partition coefficient (Wildman–Crippen LogP) is 3.65. The molecular formula is C15H19NOS. The molecule has 2 rings (SSSR count). The summed E-state index contributed by atoms with van der Waals surface area (Å²) in [5.41, 5.74) is 1.26. The molecule has 2 aromatic rings. The average molecular weight is 261 g/mol. The SMILES string of the molecule is COc1cccc([C@H](C)NCCc2cccs2)c1. The molecule has 1 atom stereocenters. The summed E-state index contributed by atoms with van der Waals surface area (Å²) in [6.07, 6.45) is 1.09. The molecule has 0 amide bonds. The van der Waals surface area contributed by atoms with Crippen LogP contribution in [0.4, 0.5) is 0 Å². The molecule has 0 radical (unpaired) electrons. The zero-order valence-corrected chi connectivity index (χ0v) is 11.7. The third kappa shape index (κ3) is 3.59. The molecule has 0 spiro atoms. The summed E-state index contributed by atoms with van der Waals surface area (Å²) >= 11 is 1.82. The first kappa shape index (κ1) is 13.1. The highest BCUT2D eigenvalue weighted by molar-refractivity contribution is 7.09. The van der Waals surface area contributed by atoms with Crippen LogP contribution in [0.25, 0.3) is 0 Å². The molecule has 0 aliphatic rings.